The van der Waals surface area contributed by atoms with Crippen molar-refractivity contribution in [2.45, 2.75) is 25.4 Å². The van der Waals surface area contributed by atoms with Crippen LogP contribution in [0.25, 0.3) is 10.9 Å². The van der Waals surface area contributed by atoms with E-state index in [1.807, 2.05) is 11.8 Å². The molecule has 0 spiro atoms. The highest BCUT2D eigenvalue weighted by atomic mass is 19.1. The Hall–Kier alpha value is -3.69. The summed E-state index contributed by atoms with van der Waals surface area (Å²) in [6.45, 7) is 3.21. The van der Waals surface area contributed by atoms with Crippen LogP contribution in [0.4, 0.5) is 15.9 Å². The lowest BCUT2D eigenvalue weighted by Gasteiger charge is -2.31. The Morgan fingerprint density at radius 1 is 1.39 bits per heavy atom. The van der Waals surface area contributed by atoms with Gasteiger partial charge in [0.2, 0.25) is 5.43 Å². The molecule has 2 aromatic heterocycles. The van der Waals surface area contributed by atoms with Gasteiger partial charge in [0.1, 0.15) is 23.7 Å². The van der Waals surface area contributed by atoms with Crippen molar-refractivity contribution in [1.82, 2.24) is 14.5 Å². The highest BCUT2D eigenvalue weighted by molar-refractivity contribution is 5.97. The van der Waals surface area contributed by atoms with Gasteiger partial charge >= 0.3 is 5.97 Å². The molecule has 0 unspecified atom stereocenters. The van der Waals surface area contributed by atoms with E-state index < -0.39 is 17.2 Å². The fourth-order valence-electron chi connectivity index (χ4n) is 4.32. The molecule has 2 N–H and O–H groups in total. The van der Waals surface area contributed by atoms with Gasteiger partial charge in [-0.2, -0.15) is 0 Å². The molecule has 160 valence electrons. The summed E-state index contributed by atoms with van der Waals surface area (Å²) in [6, 6.07) is 0.972. The molecule has 9 nitrogen and oxygen atoms in total. The summed E-state index contributed by atoms with van der Waals surface area (Å²) in [5.74, 6) is -1.02. The molecule has 2 aliphatic rings. The number of hydrogen-bond donors (Lipinski definition) is 2. The number of nitrogens with zero attached hydrogens (tertiary/aromatic N) is 4. The molecule has 1 aromatic carbocycles. The third kappa shape index (κ3) is 3.15. The number of hydrogen-bond acceptors (Lipinski definition) is 7. The van der Waals surface area contributed by atoms with Crippen molar-refractivity contribution >= 4 is 28.4 Å². The van der Waals surface area contributed by atoms with Gasteiger partial charge in [0.05, 0.1) is 23.1 Å². The van der Waals surface area contributed by atoms with E-state index in [0.29, 0.717) is 30.1 Å². The molecular weight excluding hydrogens is 405 g/mol. The maximum Gasteiger partial charge on any atom is 0.341 e. The van der Waals surface area contributed by atoms with Crippen molar-refractivity contribution < 1.29 is 19.0 Å². The van der Waals surface area contributed by atoms with Crippen LogP contribution in [0.3, 0.4) is 0 Å². The summed E-state index contributed by atoms with van der Waals surface area (Å²) in [5.41, 5.74) is -0.380. The van der Waals surface area contributed by atoms with E-state index in [0.717, 1.165) is 12.5 Å². The minimum atomic E-state index is -1.34. The van der Waals surface area contributed by atoms with Gasteiger partial charge < -0.3 is 24.6 Å². The van der Waals surface area contributed by atoms with Crippen LogP contribution < -0.4 is 20.4 Å². The van der Waals surface area contributed by atoms with Gasteiger partial charge in [-0.05, 0) is 19.4 Å². The summed E-state index contributed by atoms with van der Waals surface area (Å²) in [7, 11) is 0. The first kappa shape index (κ1) is 19.3. The first-order valence-corrected chi connectivity index (χ1v) is 9.99. The van der Waals surface area contributed by atoms with E-state index >= 15 is 4.39 Å². The predicted molar refractivity (Wildman–Crippen MR) is 112 cm³/mol. The second-order valence-electron chi connectivity index (χ2n) is 7.84. The van der Waals surface area contributed by atoms with Gasteiger partial charge in [-0.15, -0.1) is 0 Å². The highest BCUT2D eigenvalue weighted by Gasteiger charge is 2.33. The first-order valence-electron chi connectivity index (χ1n) is 9.99. The number of rotatable bonds is 4. The zero-order valence-corrected chi connectivity index (χ0v) is 16.7. The molecule has 2 atom stereocenters. The largest absolute Gasteiger partial charge is 0.487 e. The van der Waals surface area contributed by atoms with Gasteiger partial charge in [-0.1, -0.05) is 0 Å². The van der Waals surface area contributed by atoms with E-state index in [2.05, 4.69) is 15.3 Å². The van der Waals surface area contributed by atoms with Crippen LogP contribution in [0.5, 0.6) is 5.75 Å². The van der Waals surface area contributed by atoms with Gasteiger partial charge in [-0.3, -0.25) is 9.78 Å². The van der Waals surface area contributed by atoms with Crippen LogP contribution in [-0.2, 0) is 0 Å². The lowest BCUT2D eigenvalue weighted by molar-refractivity contribution is 0.0694. The third-order valence-corrected chi connectivity index (χ3v) is 5.79. The van der Waals surface area contributed by atoms with E-state index in [-0.39, 0.29) is 35.4 Å². The fourth-order valence-corrected chi connectivity index (χ4v) is 4.32. The number of carboxylic acid groups (broad SMARTS) is 1. The standard InChI is InChI=1S/C21H20FN5O4/c1-11-10-31-20-17-13(19(28)14(21(29)30)9-27(11)17)6-15(22)18(20)26-5-2-12(8-26)25-16-7-23-3-4-24-16/h3-4,6-7,9,11-12H,2,5,8,10H2,1H3,(H,24,25)(H,29,30)/t11-,12-/m0/s1. The van der Waals surface area contributed by atoms with Crippen molar-refractivity contribution in [3.8, 4) is 5.75 Å². The molecule has 0 radical (unpaired) electrons. The second-order valence-corrected chi connectivity index (χ2v) is 7.84. The van der Waals surface area contributed by atoms with Gasteiger partial charge in [0.25, 0.3) is 0 Å². The van der Waals surface area contributed by atoms with E-state index in [1.54, 1.807) is 23.2 Å². The van der Waals surface area contributed by atoms with Crippen LogP contribution in [0.1, 0.15) is 29.7 Å². The average Bonchev–Trinajstić information content (AvgIpc) is 3.20. The summed E-state index contributed by atoms with van der Waals surface area (Å²) < 4.78 is 22.9. The molecular formula is C21H20FN5O4. The molecule has 0 bridgehead atoms. The quantitative estimate of drug-likeness (QED) is 0.655. The number of carboxylic acids is 1. The first-order chi connectivity index (χ1) is 14.9. The zero-order chi connectivity index (χ0) is 21.7. The monoisotopic (exact) mass is 425 g/mol. The number of pyridine rings is 1. The molecule has 1 saturated heterocycles. The number of benzene rings is 1. The maximum absolute atomic E-state index is 15.3. The minimum Gasteiger partial charge on any atom is -0.487 e. The van der Waals surface area contributed by atoms with Crippen LogP contribution in [0, 0.1) is 5.82 Å². The Morgan fingerprint density at radius 3 is 2.97 bits per heavy atom. The minimum absolute atomic E-state index is 0.0103. The molecule has 0 saturated carbocycles. The van der Waals surface area contributed by atoms with Crippen LogP contribution in [-0.4, -0.2) is 51.3 Å². The number of nitrogens with one attached hydrogen (secondary N) is 1. The number of aromatic nitrogens is 3. The van der Waals surface area contributed by atoms with Crippen LogP contribution in [0.2, 0.25) is 0 Å². The normalized spacial score (nSPS) is 20.0. The molecule has 1 fully saturated rings. The van der Waals surface area contributed by atoms with E-state index in [9.17, 15) is 14.7 Å². The Labute approximate surface area is 176 Å². The maximum atomic E-state index is 15.3. The lowest BCUT2D eigenvalue weighted by Crippen LogP contribution is -2.30. The lowest BCUT2D eigenvalue weighted by atomic mass is 10.1. The molecule has 10 heteroatoms. The molecule has 5 rings (SSSR count). The molecule has 2 aliphatic heterocycles. The van der Waals surface area contributed by atoms with Crippen LogP contribution in [0.15, 0.2) is 35.6 Å². The highest BCUT2D eigenvalue weighted by Crippen LogP contribution is 2.42. The Bertz CT molecular complexity index is 1250. The van der Waals surface area contributed by atoms with Gasteiger partial charge in [0.15, 0.2) is 11.6 Å². The predicted octanol–water partition coefficient (Wildman–Crippen LogP) is 2.27. The second kappa shape index (κ2) is 7.22. The summed E-state index contributed by atoms with van der Waals surface area (Å²) in [4.78, 5) is 34.4. The smallest absolute Gasteiger partial charge is 0.341 e. The average molecular weight is 425 g/mol. The van der Waals surface area contributed by atoms with Gasteiger partial charge in [0, 0.05) is 37.7 Å². The summed E-state index contributed by atoms with van der Waals surface area (Å²) in [6.07, 6.45) is 6.91. The molecule has 0 aliphatic carbocycles. The number of carbonyl (C=O) groups is 1. The zero-order valence-electron chi connectivity index (χ0n) is 16.7. The Kier molecular flexibility index (Phi) is 4.49. The van der Waals surface area contributed by atoms with Crippen molar-refractivity contribution in [1.29, 1.82) is 0 Å². The van der Waals surface area contributed by atoms with E-state index in [4.69, 9.17) is 4.74 Å². The summed E-state index contributed by atoms with van der Waals surface area (Å²) in [5, 5.41) is 12.7. The molecule has 3 aromatic rings. The van der Waals surface area contributed by atoms with Gasteiger partial charge in [-0.25, -0.2) is 14.2 Å². The summed E-state index contributed by atoms with van der Waals surface area (Å²) >= 11 is 0. The fraction of sp³-hybridized carbons (Fsp3) is 0.333. The van der Waals surface area contributed by atoms with Crippen LogP contribution >= 0.6 is 0 Å². The van der Waals surface area contributed by atoms with E-state index in [1.165, 1.54) is 6.20 Å². The van der Waals surface area contributed by atoms with Crippen molar-refractivity contribution in [2.24, 2.45) is 0 Å². The third-order valence-electron chi connectivity index (χ3n) is 5.79. The van der Waals surface area contributed by atoms with Crippen molar-refractivity contribution in [3.05, 3.63) is 52.5 Å². The number of aromatic carboxylic acids is 1. The molecule has 0 amide bonds. The Balaban J connectivity index is 1.58. The SMILES string of the molecule is C[C@H]1COc2c(N3CC[C@H](Nc4cnccn4)C3)c(F)cc3c(=O)c(C(=O)O)cn1c23. The number of ether oxygens (including phenoxy) is 1. The topological polar surface area (TPSA) is 110 Å². The Morgan fingerprint density at radius 2 is 2.23 bits per heavy atom. The van der Waals surface area contributed by atoms with Crippen molar-refractivity contribution in [2.75, 3.05) is 29.9 Å². The number of anilines is 2. The van der Waals surface area contributed by atoms with Crippen molar-refractivity contribution in [3.63, 3.8) is 0 Å². The molecule has 4 heterocycles. The number of halogens is 1. The molecule has 31 heavy (non-hydrogen) atoms.